The molecular weight excluding hydrogens is 88.1 g/mol. The molecule has 0 saturated heterocycles. The third kappa shape index (κ3) is 4.99. The summed E-state index contributed by atoms with van der Waals surface area (Å²) in [5.74, 6) is 2.32. The van der Waals surface area contributed by atoms with Gasteiger partial charge in [-0.3, -0.25) is 0 Å². The van der Waals surface area contributed by atoms with Crippen molar-refractivity contribution in [2.45, 2.75) is 6.92 Å². The Morgan fingerprint density at radius 2 is 2.57 bits per heavy atom. The van der Waals surface area contributed by atoms with Crippen LogP contribution in [0, 0.1) is 0 Å². The molecule has 0 radical (unpaired) electrons. The maximum absolute atomic E-state index is 5.18. The second-order valence-corrected chi connectivity index (χ2v) is 1.16. The second kappa shape index (κ2) is 3.19. The van der Waals surface area contributed by atoms with Crippen molar-refractivity contribution in [1.29, 1.82) is 0 Å². The lowest BCUT2D eigenvalue weighted by Crippen LogP contribution is -1.87. The van der Waals surface area contributed by atoms with Crippen LogP contribution in [0.25, 0.3) is 0 Å². The van der Waals surface area contributed by atoms with Crippen molar-refractivity contribution >= 4 is 5.87 Å². The molecule has 0 aliphatic heterocycles. The predicted octanol–water partition coefficient (Wildman–Crippen LogP) is 0.662. The largest absolute Gasteiger partial charge is 0.401 e. The van der Waals surface area contributed by atoms with Crippen LogP contribution in [-0.2, 0) is 0 Å². The van der Waals surface area contributed by atoms with E-state index in [0.717, 1.165) is 0 Å². The normalized spacial score (nSPS) is 10.1. The Bertz CT molecular complexity index is 114. The fourth-order valence-electron chi connectivity index (χ4n) is 0.147. The summed E-state index contributed by atoms with van der Waals surface area (Å²) in [4.78, 5) is 3.52. The summed E-state index contributed by atoms with van der Waals surface area (Å²) >= 11 is 0. The Morgan fingerprint density at radius 3 is 2.71 bits per heavy atom. The van der Waals surface area contributed by atoms with Gasteiger partial charge in [0, 0.05) is 5.70 Å². The number of nitrogens with zero attached hydrogens (tertiary/aromatic N) is 1. The van der Waals surface area contributed by atoms with Crippen molar-refractivity contribution in [2.24, 2.45) is 10.7 Å². The molecule has 0 saturated carbocycles. The molecule has 38 valence electrons. The molecule has 0 aromatic rings. The smallest absolute Gasteiger partial charge is 0.0552 e. The second-order valence-electron chi connectivity index (χ2n) is 1.16. The van der Waals surface area contributed by atoms with Gasteiger partial charge in [0.1, 0.15) is 0 Å². The molecule has 0 aromatic heterocycles. The van der Waals surface area contributed by atoms with Gasteiger partial charge in [-0.15, -0.1) is 0 Å². The Kier molecular flexibility index (Phi) is 2.73. The average molecular weight is 96.1 g/mol. The summed E-state index contributed by atoms with van der Waals surface area (Å²) in [5, 5.41) is 0. The van der Waals surface area contributed by atoms with Crippen LogP contribution < -0.4 is 5.73 Å². The molecule has 0 unspecified atom stereocenters. The highest BCUT2D eigenvalue weighted by atomic mass is 14.7. The van der Waals surface area contributed by atoms with Crippen LogP contribution >= 0.6 is 0 Å². The summed E-state index contributed by atoms with van der Waals surface area (Å²) in [6.07, 6.45) is 1.49. The fourth-order valence-corrected chi connectivity index (χ4v) is 0.147. The van der Waals surface area contributed by atoms with Crippen LogP contribution in [-0.4, -0.2) is 5.87 Å². The van der Waals surface area contributed by atoms with Crippen molar-refractivity contribution in [2.75, 3.05) is 0 Å². The first-order valence-corrected chi connectivity index (χ1v) is 1.91. The predicted molar refractivity (Wildman–Crippen MR) is 31.0 cm³/mol. The highest BCUT2D eigenvalue weighted by Gasteiger charge is 1.65. The molecule has 0 spiro atoms. The summed E-state index contributed by atoms with van der Waals surface area (Å²) in [5.41, 5.74) is 5.84. The lowest BCUT2D eigenvalue weighted by Gasteiger charge is -1.77. The van der Waals surface area contributed by atoms with Gasteiger partial charge >= 0.3 is 0 Å². The summed E-state index contributed by atoms with van der Waals surface area (Å²) in [7, 11) is 0. The number of nitrogens with two attached hydrogens (primary N) is 1. The molecule has 0 fully saturated rings. The van der Waals surface area contributed by atoms with E-state index < -0.39 is 0 Å². The van der Waals surface area contributed by atoms with Crippen LogP contribution in [0.15, 0.2) is 23.5 Å². The Morgan fingerprint density at radius 1 is 2.00 bits per heavy atom. The Labute approximate surface area is 43.1 Å². The number of hydrogen-bond donors (Lipinski definition) is 1. The van der Waals surface area contributed by atoms with Gasteiger partial charge < -0.3 is 5.73 Å². The molecule has 0 aliphatic carbocycles. The third-order valence-electron chi connectivity index (χ3n) is 0.359. The van der Waals surface area contributed by atoms with E-state index in [0.29, 0.717) is 5.70 Å². The molecule has 0 bridgehead atoms. The van der Waals surface area contributed by atoms with Gasteiger partial charge in [0.05, 0.1) is 6.20 Å². The number of rotatable bonds is 1. The van der Waals surface area contributed by atoms with Gasteiger partial charge in [0.15, 0.2) is 0 Å². The van der Waals surface area contributed by atoms with Crippen molar-refractivity contribution in [1.82, 2.24) is 0 Å². The van der Waals surface area contributed by atoms with E-state index in [1.54, 1.807) is 6.92 Å². The highest BCUT2D eigenvalue weighted by molar-refractivity contribution is 5.47. The average Bonchev–Trinajstić information content (AvgIpc) is 1.61. The number of hydrogen-bond acceptors (Lipinski definition) is 2. The SMILES string of the molecule is C=C=N/C=C(/C)N. The highest BCUT2D eigenvalue weighted by Crippen LogP contribution is 1.75. The zero-order chi connectivity index (χ0) is 5.70. The third-order valence-corrected chi connectivity index (χ3v) is 0.359. The van der Waals surface area contributed by atoms with E-state index in [2.05, 4.69) is 17.4 Å². The van der Waals surface area contributed by atoms with E-state index in [-0.39, 0.29) is 0 Å². The topological polar surface area (TPSA) is 38.4 Å². The first kappa shape index (κ1) is 5.99. The zero-order valence-electron chi connectivity index (χ0n) is 4.31. The first-order valence-electron chi connectivity index (χ1n) is 1.91. The van der Waals surface area contributed by atoms with Gasteiger partial charge in [0.2, 0.25) is 0 Å². The molecule has 0 atom stereocenters. The quantitative estimate of drug-likeness (QED) is 0.478. The van der Waals surface area contributed by atoms with Gasteiger partial charge in [-0.25, -0.2) is 4.99 Å². The minimum absolute atomic E-state index is 0.663. The van der Waals surface area contributed by atoms with Gasteiger partial charge in [-0.2, -0.15) is 0 Å². The summed E-state index contributed by atoms with van der Waals surface area (Å²) in [6, 6.07) is 0. The van der Waals surface area contributed by atoms with Crippen LogP contribution in [0.3, 0.4) is 0 Å². The zero-order valence-corrected chi connectivity index (χ0v) is 4.31. The van der Waals surface area contributed by atoms with E-state index in [1.165, 1.54) is 6.20 Å². The van der Waals surface area contributed by atoms with Gasteiger partial charge in [0.25, 0.3) is 0 Å². The number of allylic oxidation sites excluding steroid dienone is 1. The van der Waals surface area contributed by atoms with Crippen molar-refractivity contribution < 1.29 is 0 Å². The minimum atomic E-state index is 0.663. The molecule has 2 N–H and O–H groups in total. The van der Waals surface area contributed by atoms with Crippen LogP contribution in [0.5, 0.6) is 0 Å². The van der Waals surface area contributed by atoms with E-state index >= 15 is 0 Å². The Balaban J connectivity index is 3.69. The van der Waals surface area contributed by atoms with E-state index in [4.69, 9.17) is 5.73 Å². The first-order chi connectivity index (χ1) is 3.27. The molecule has 0 amide bonds. The van der Waals surface area contributed by atoms with Crippen molar-refractivity contribution in [3.8, 4) is 0 Å². The van der Waals surface area contributed by atoms with Gasteiger partial charge in [-0.05, 0) is 19.4 Å². The molecule has 7 heavy (non-hydrogen) atoms. The molecule has 2 heteroatoms. The molecule has 2 nitrogen and oxygen atoms in total. The fraction of sp³-hybridized carbons (Fsp3) is 0.200. The van der Waals surface area contributed by atoms with Crippen LogP contribution in [0.2, 0.25) is 0 Å². The van der Waals surface area contributed by atoms with Gasteiger partial charge in [-0.1, -0.05) is 0 Å². The van der Waals surface area contributed by atoms with E-state index in [9.17, 15) is 0 Å². The maximum Gasteiger partial charge on any atom is 0.0552 e. The monoisotopic (exact) mass is 96.1 g/mol. The maximum atomic E-state index is 5.18. The standard InChI is InChI=1S/C5H8N2/c1-3-7-4-5(2)6/h4H,1,6H2,2H3/b5-4-. The summed E-state index contributed by atoms with van der Waals surface area (Å²) < 4.78 is 0. The number of aliphatic imine (C=N–C) groups is 1. The molecule has 0 aliphatic rings. The van der Waals surface area contributed by atoms with Crippen LogP contribution in [0.1, 0.15) is 6.92 Å². The van der Waals surface area contributed by atoms with E-state index in [1.807, 2.05) is 0 Å². The summed E-state index contributed by atoms with van der Waals surface area (Å²) in [6.45, 7) is 4.99. The molecule has 0 aromatic carbocycles. The van der Waals surface area contributed by atoms with Crippen molar-refractivity contribution in [3.05, 3.63) is 18.5 Å². The lowest BCUT2D eigenvalue weighted by atomic mass is 10.6. The minimum Gasteiger partial charge on any atom is -0.401 e. The van der Waals surface area contributed by atoms with Crippen molar-refractivity contribution in [3.63, 3.8) is 0 Å². The Hall–Kier alpha value is -1.01. The molecule has 0 heterocycles. The molecule has 0 rings (SSSR count). The van der Waals surface area contributed by atoms with Crippen LogP contribution in [0.4, 0.5) is 0 Å². The lowest BCUT2D eigenvalue weighted by molar-refractivity contribution is 1.28. The molecular formula is C5H8N2.